The van der Waals surface area contributed by atoms with Crippen LogP contribution in [-0.2, 0) is 22.8 Å². The Morgan fingerprint density at radius 1 is 0.968 bits per heavy atom. The third-order valence-corrected chi connectivity index (χ3v) is 7.56. The summed E-state index contributed by atoms with van der Waals surface area (Å²) in [6.45, 7) is 1.76. The van der Waals surface area contributed by atoms with Gasteiger partial charge in [-0.3, -0.25) is 4.98 Å². The van der Waals surface area contributed by atoms with Gasteiger partial charge in [0.1, 0.15) is 0 Å². The van der Waals surface area contributed by atoms with Crippen LogP contribution in [0.15, 0.2) is 82.7 Å². The molecule has 2 aromatic carbocycles. The van der Waals surface area contributed by atoms with Gasteiger partial charge in [0, 0.05) is 43.0 Å². The van der Waals surface area contributed by atoms with Crippen molar-refractivity contribution in [2.24, 2.45) is 0 Å². The number of nitrogens with zero attached hydrogens (tertiary/aromatic N) is 3. The van der Waals surface area contributed by atoms with E-state index < -0.39 is 9.84 Å². The molecule has 0 N–H and O–H groups in total. The summed E-state index contributed by atoms with van der Waals surface area (Å²) >= 11 is 0. The highest BCUT2D eigenvalue weighted by molar-refractivity contribution is 7.91. The first-order chi connectivity index (χ1) is 15.0. The molecule has 5 nitrogen and oxygen atoms in total. The van der Waals surface area contributed by atoms with Crippen LogP contribution in [0.25, 0.3) is 23.2 Å². The fourth-order valence-electron chi connectivity index (χ4n) is 4.21. The molecule has 1 aliphatic heterocycles. The Morgan fingerprint density at radius 3 is 2.55 bits per heavy atom. The van der Waals surface area contributed by atoms with Crippen molar-refractivity contribution in [1.82, 2.24) is 14.5 Å². The van der Waals surface area contributed by atoms with Gasteiger partial charge >= 0.3 is 0 Å². The maximum absolute atomic E-state index is 13.2. The first-order valence-corrected chi connectivity index (χ1v) is 11.8. The molecule has 0 aliphatic carbocycles. The molecule has 0 atom stereocenters. The third kappa shape index (κ3) is 3.58. The van der Waals surface area contributed by atoms with Gasteiger partial charge in [0.2, 0.25) is 9.84 Å². The van der Waals surface area contributed by atoms with Crippen molar-refractivity contribution in [2.45, 2.75) is 22.8 Å². The van der Waals surface area contributed by atoms with Crippen LogP contribution in [0.1, 0.15) is 17.0 Å². The minimum Gasteiger partial charge on any atom is -0.320 e. The van der Waals surface area contributed by atoms with Gasteiger partial charge in [-0.2, -0.15) is 0 Å². The van der Waals surface area contributed by atoms with Crippen molar-refractivity contribution < 1.29 is 8.42 Å². The Morgan fingerprint density at radius 2 is 1.77 bits per heavy atom. The molecule has 2 aromatic heterocycles. The number of likely N-dealkylation sites (N-methyl/N-ethyl adjacent to an activating group) is 1. The van der Waals surface area contributed by atoms with E-state index in [9.17, 15) is 8.42 Å². The number of hydrogen-bond donors (Lipinski definition) is 0. The van der Waals surface area contributed by atoms with Crippen LogP contribution >= 0.6 is 0 Å². The number of aromatic nitrogens is 2. The van der Waals surface area contributed by atoms with Gasteiger partial charge in [0.25, 0.3) is 0 Å². The number of rotatable bonds is 4. The van der Waals surface area contributed by atoms with Crippen molar-refractivity contribution in [2.75, 3.05) is 13.6 Å². The zero-order valence-electron chi connectivity index (χ0n) is 17.3. The molecule has 0 radical (unpaired) electrons. The summed E-state index contributed by atoms with van der Waals surface area (Å²) < 4.78 is 28.6. The van der Waals surface area contributed by atoms with Crippen molar-refractivity contribution >= 4 is 33.0 Å². The fraction of sp³-hybridized carbons (Fsp3) is 0.160. The molecule has 156 valence electrons. The molecule has 4 aromatic rings. The van der Waals surface area contributed by atoms with E-state index in [1.807, 2.05) is 48.7 Å². The zero-order chi connectivity index (χ0) is 21.4. The van der Waals surface area contributed by atoms with E-state index in [-0.39, 0.29) is 0 Å². The molecule has 6 heteroatoms. The summed E-state index contributed by atoms with van der Waals surface area (Å²) in [4.78, 5) is 7.29. The van der Waals surface area contributed by atoms with E-state index in [0.717, 1.165) is 36.1 Å². The number of benzene rings is 2. The van der Waals surface area contributed by atoms with Crippen LogP contribution in [0.5, 0.6) is 0 Å². The minimum absolute atomic E-state index is 0.315. The van der Waals surface area contributed by atoms with E-state index >= 15 is 0 Å². The molecule has 3 heterocycles. The maximum Gasteiger partial charge on any atom is 0.206 e. The van der Waals surface area contributed by atoms with Gasteiger partial charge < -0.3 is 9.47 Å². The van der Waals surface area contributed by atoms with Crippen molar-refractivity contribution in [3.63, 3.8) is 0 Å². The standard InChI is InChI=1S/C25H23N3O2S/c1-27-15-13-25-23(18-27)22-17-21(31(29,30)20-8-3-2-4-9-20)10-11-24(22)28(25)16-12-19-7-5-6-14-26-19/h2-12,14,16-17H,13,15,18H2,1H3. The van der Waals surface area contributed by atoms with E-state index in [2.05, 4.69) is 21.5 Å². The second-order valence-corrected chi connectivity index (χ2v) is 9.80. The summed E-state index contributed by atoms with van der Waals surface area (Å²) in [6.07, 6.45) is 6.72. The number of fused-ring (bicyclic) bond motifs is 3. The Labute approximate surface area is 182 Å². The van der Waals surface area contributed by atoms with Gasteiger partial charge in [-0.05, 0) is 61.2 Å². The predicted molar refractivity (Wildman–Crippen MR) is 123 cm³/mol. The van der Waals surface area contributed by atoms with Crippen molar-refractivity contribution in [3.8, 4) is 0 Å². The van der Waals surface area contributed by atoms with Gasteiger partial charge in [-0.25, -0.2) is 8.42 Å². The Kier molecular flexibility index (Phi) is 4.96. The topological polar surface area (TPSA) is 55.2 Å². The molecule has 0 amide bonds. The maximum atomic E-state index is 13.2. The van der Waals surface area contributed by atoms with E-state index in [1.54, 1.807) is 36.5 Å². The molecular weight excluding hydrogens is 406 g/mol. The van der Waals surface area contributed by atoms with E-state index in [4.69, 9.17) is 0 Å². The van der Waals surface area contributed by atoms with Crippen LogP contribution in [0.2, 0.25) is 0 Å². The predicted octanol–water partition coefficient (Wildman–Crippen LogP) is 4.48. The lowest BCUT2D eigenvalue weighted by molar-refractivity contribution is 0.312. The first kappa shape index (κ1) is 19.7. The average Bonchev–Trinajstić information content (AvgIpc) is 3.11. The summed E-state index contributed by atoms with van der Waals surface area (Å²) in [6, 6.07) is 19.9. The summed E-state index contributed by atoms with van der Waals surface area (Å²) in [7, 11) is -1.47. The van der Waals surface area contributed by atoms with Gasteiger partial charge in [0.15, 0.2) is 0 Å². The fourth-order valence-corrected chi connectivity index (χ4v) is 5.51. The van der Waals surface area contributed by atoms with E-state index in [1.165, 1.54) is 11.3 Å². The highest BCUT2D eigenvalue weighted by Crippen LogP contribution is 2.34. The van der Waals surface area contributed by atoms with Gasteiger partial charge in [-0.1, -0.05) is 24.3 Å². The summed E-state index contributed by atoms with van der Waals surface area (Å²) in [5, 5.41) is 0.990. The lowest BCUT2D eigenvalue weighted by atomic mass is 10.1. The summed E-state index contributed by atoms with van der Waals surface area (Å²) in [5.41, 5.74) is 4.32. The van der Waals surface area contributed by atoms with Gasteiger partial charge in [0.05, 0.1) is 21.0 Å². The largest absolute Gasteiger partial charge is 0.320 e. The molecular formula is C25H23N3O2S. The van der Waals surface area contributed by atoms with Crippen LogP contribution in [0.3, 0.4) is 0 Å². The monoisotopic (exact) mass is 429 g/mol. The van der Waals surface area contributed by atoms with Crippen LogP contribution < -0.4 is 0 Å². The Bertz CT molecular complexity index is 1370. The van der Waals surface area contributed by atoms with Crippen LogP contribution in [-0.4, -0.2) is 36.5 Å². The van der Waals surface area contributed by atoms with Crippen LogP contribution in [0.4, 0.5) is 0 Å². The Hall–Kier alpha value is -3.22. The van der Waals surface area contributed by atoms with Crippen molar-refractivity contribution in [1.29, 1.82) is 0 Å². The molecule has 0 spiro atoms. The lowest BCUT2D eigenvalue weighted by Crippen LogP contribution is -2.26. The first-order valence-electron chi connectivity index (χ1n) is 10.3. The molecule has 0 bridgehead atoms. The number of hydrogen-bond acceptors (Lipinski definition) is 4. The second-order valence-electron chi connectivity index (χ2n) is 7.85. The molecule has 0 saturated carbocycles. The highest BCUT2D eigenvalue weighted by atomic mass is 32.2. The molecule has 1 aliphatic rings. The van der Waals surface area contributed by atoms with E-state index in [0.29, 0.717) is 9.79 Å². The summed E-state index contributed by atoms with van der Waals surface area (Å²) in [5.74, 6) is 0. The number of pyridine rings is 1. The van der Waals surface area contributed by atoms with Crippen LogP contribution in [0, 0.1) is 0 Å². The smallest absolute Gasteiger partial charge is 0.206 e. The molecule has 0 fully saturated rings. The molecule has 5 rings (SSSR count). The minimum atomic E-state index is -3.57. The zero-order valence-corrected chi connectivity index (χ0v) is 18.1. The van der Waals surface area contributed by atoms with Crippen molar-refractivity contribution in [3.05, 3.63) is 89.9 Å². The molecule has 31 heavy (non-hydrogen) atoms. The molecule has 0 unspecified atom stereocenters. The SMILES string of the molecule is CN1CCc2c(c3cc(S(=O)(=O)c4ccccc4)ccc3n2C=Cc2ccccn2)C1. The molecule has 0 saturated heterocycles. The lowest BCUT2D eigenvalue weighted by Gasteiger charge is -2.23. The quantitative estimate of drug-likeness (QED) is 0.480. The average molecular weight is 430 g/mol. The third-order valence-electron chi connectivity index (χ3n) is 5.80. The second kappa shape index (κ2) is 7.80. The number of sulfone groups is 1. The Balaban J connectivity index is 1.67. The van der Waals surface area contributed by atoms with Gasteiger partial charge in [-0.15, -0.1) is 0 Å². The normalized spacial score (nSPS) is 14.9. The highest BCUT2D eigenvalue weighted by Gasteiger charge is 2.24.